The highest BCUT2D eigenvalue weighted by molar-refractivity contribution is 5.76. The van der Waals surface area contributed by atoms with Gasteiger partial charge in [-0.05, 0) is 50.3 Å². The minimum atomic E-state index is 0.175. The van der Waals surface area contributed by atoms with E-state index in [1.54, 1.807) is 0 Å². The molecular weight excluding hydrogens is 236 g/mol. The van der Waals surface area contributed by atoms with Crippen LogP contribution in [0.15, 0.2) is 12.1 Å². The number of amides is 1. The SMILES string of the molecule is Cc1cc(C)c(CN2CCC(N)CCC2=O)c(C)c1. The summed E-state index contributed by atoms with van der Waals surface area (Å²) < 4.78 is 0. The van der Waals surface area contributed by atoms with E-state index >= 15 is 0 Å². The fourth-order valence-corrected chi connectivity index (χ4v) is 2.88. The second-order valence-electron chi connectivity index (χ2n) is 5.78. The fourth-order valence-electron chi connectivity index (χ4n) is 2.88. The van der Waals surface area contributed by atoms with Gasteiger partial charge in [-0.1, -0.05) is 17.7 Å². The van der Waals surface area contributed by atoms with Gasteiger partial charge in [-0.25, -0.2) is 0 Å². The van der Waals surface area contributed by atoms with E-state index in [4.69, 9.17) is 5.73 Å². The number of rotatable bonds is 2. The smallest absolute Gasteiger partial charge is 0.222 e. The van der Waals surface area contributed by atoms with Gasteiger partial charge in [-0.2, -0.15) is 0 Å². The van der Waals surface area contributed by atoms with Crippen LogP contribution in [0.25, 0.3) is 0 Å². The van der Waals surface area contributed by atoms with Crippen LogP contribution in [0, 0.1) is 20.8 Å². The van der Waals surface area contributed by atoms with Crippen LogP contribution in [0.3, 0.4) is 0 Å². The zero-order chi connectivity index (χ0) is 14.0. The van der Waals surface area contributed by atoms with Crippen molar-refractivity contribution >= 4 is 5.91 Å². The molecule has 0 radical (unpaired) electrons. The largest absolute Gasteiger partial charge is 0.338 e. The summed E-state index contributed by atoms with van der Waals surface area (Å²) in [4.78, 5) is 14.1. The maximum atomic E-state index is 12.1. The molecule has 1 fully saturated rings. The maximum absolute atomic E-state index is 12.1. The third-order valence-corrected chi connectivity index (χ3v) is 4.04. The van der Waals surface area contributed by atoms with Crippen LogP contribution >= 0.6 is 0 Å². The van der Waals surface area contributed by atoms with E-state index in [1.165, 1.54) is 22.3 Å². The predicted octanol–water partition coefficient (Wildman–Crippen LogP) is 2.45. The van der Waals surface area contributed by atoms with Gasteiger partial charge < -0.3 is 10.6 Å². The molecule has 1 aromatic carbocycles. The van der Waals surface area contributed by atoms with Gasteiger partial charge in [0, 0.05) is 25.6 Å². The number of nitrogens with zero attached hydrogens (tertiary/aromatic N) is 1. The van der Waals surface area contributed by atoms with Gasteiger partial charge in [0.1, 0.15) is 0 Å². The highest BCUT2D eigenvalue weighted by Gasteiger charge is 2.21. The molecule has 1 aliphatic rings. The van der Waals surface area contributed by atoms with Gasteiger partial charge in [0.25, 0.3) is 0 Å². The number of carbonyl (C=O) groups is 1. The van der Waals surface area contributed by atoms with Crippen LogP contribution in [-0.4, -0.2) is 23.4 Å². The van der Waals surface area contributed by atoms with E-state index in [0.29, 0.717) is 6.42 Å². The number of aryl methyl sites for hydroxylation is 3. The first kappa shape index (κ1) is 14.1. The molecule has 0 aromatic heterocycles. The summed E-state index contributed by atoms with van der Waals surface area (Å²) in [5.74, 6) is 0.243. The molecule has 104 valence electrons. The second kappa shape index (κ2) is 5.74. The van der Waals surface area contributed by atoms with E-state index in [9.17, 15) is 4.79 Å². The molecule has 3 nitrogen and oxygen atoms in total. The normalized spacial score (nSPS) is 20.5. The van der Waals surface area contributed by atoms with Gasteiger partial charge in [-0.15, -0.1) is 0 Å². The Balaban J connectivity index is 2.18. The molecule has 1 amide bonds. The standard InChI is InChI=1S/C16H24N2O/c1-11-8-12(2)15(13(3)9-11)10-18-7-6-14(17)4-5-16(18)19/h8-9,14H,4-7,10,17H2,1-3H3. The molecule has 1 unspecified atom stereocenters. The lowest BCUT2D eigenvalue weighted by Crippen LogP contribution is -2.31. The van der Waals surface area contributed by atoms with E-state index in [2.05, 4.69) is 32.9 Å². The highest BCUT2D eigenvalue weighted by atomic mass is 16.2. The zero-order valence-electron chi connectivity index (χ0n) is 12.2. The van der Waals surface area contributed by atoms with Gasteiger partial charge in [0.05, 0.1) is 0 Å². The Morgan fingerprint density at radius 3 is 2.47 bits per heavy atom. The quantitative estimate of drug-likeness (QED) is 0.888. The molecule has 0 bridgehead atoms. The Bertz CT molecular complexity index is 459. The van der Waals surface area contributed by atoms with Gasteiger partial charge >= 0.3 is 0 Å². The van der Waals surface area contributed by atoms with Crippen molar-refractivity contribution in [2.45, 2.75) is 52.6 Å². The average molecular weight is 260 g/mol. The monoisotopic (exact) mass is 260 g/mol. The first-order chi connectivity index (χ1) is 8.97. The van der Waals surface area contributed by atoms with Gasteiger partial charge in [0.2, 0.25) is 5.91 Å². The van der Waals surface area contributed by atoms with E-state index in [-0.39, 0.29) is 11.9 Å². The summed E-state index contributed by atoms with van der Waals surface area (Å²) in [7, 11) is 0. The molecule has 1 heterocycles. The summed E-state index contributed by atoms with van der Waals surface area (Å²) in [5.41, 5.74) is 11.1. The predicted molar refractivity (Wildman–Crippen MR) is 77.9 cm³/mol. The number of benzene rings is 1. The van der Waals surface area contributed by atoms with Crippen molar-refractivity contribution in [1.29, 1.82) is 0 Å². The van der Waals surface area contributed by atoms with E-state index < -0.39 is 0 Å². The third-order valence-electron chi connectivity index (χ3n) is 4.04. The minimum Gasteiger partial charge on any atom is -0.338 e. The van der Waals surface area contributed by atoms with E-state index in [1.807, 2.05) is 4.90 Å². The summed E-state index contributed by atoms with van der Waals surface area (Å²) >= 11 is 0. The average Bonchev–Trinajstić information content (AvgIpc) is 2.48. The number of hydrogen-bond donors (Lipinski definition) is 1. The van der Waals surface area contributed by atoms with Gasteiger partial charge in [-0.3, -0.25) is 4.79 Å². The van der Waals surface area contributed by atoms with Crippen molar-refractivity contribution in [2.75, 3.05) is 6.54 Å². The maximum Gasteiger partial charge on any atom is 0.222 e. The number of nitrogens with two attached hydrogens (primary N) is 1. The molecule has 1 saturated heterocycles. The molecule has 3 heteroatoms. The molecule has 2 N–H and O–H groups in total. The van der Waals surface area contributed by atoms with Crippen LogP contribution in [0.5, 0.6) is 0 Å². The number of carbonyl (C=O) groups excluding carboxylic acids is 1. The molecule has 1 atom stereocenters. The Hall–Kier alpha value is -1.35. The first-order valence-corrected chi connectivity index (χ1v) is 7.07. The Kier molecular flexibility index (Phi) is 4.25. The van der Waals surface area contributed by atoms with Crippen LogP contribution in [0.2, 0.25) is 0 Å². The molecule has 19 heavy (non-hydrogen) atoms. The van der Waals surface area contributed by atoms with Crippen LogP contribution in [0.1, 0.15) is 41.5 Å². The Morgan fingerprint density at radius 1 is 1.21 bits per heavy atom. The topological polar surface area (TPSA) is 46.3 Å². The van der Waals surface area contributed by atoms with Crippen LogP contribution in [0.4, 0.5) is 0 Å². The molecule has 1 aliphatic heterocycles. The molecule has 0 aliphatic carbocycles. The Morgan fingerprint density at radius 2 is 1.84 bits per heavy atom. The molecule has 1 aromatic rings. The molecular formula is C16H24N2O. The summed E-state index contributed by atoms with van der Waals surface area (Å²) in [5, 5.41) is 0. The van der Waals surface area contributed by atoms with Crippen molar-refractivity contribution < 1.29 is 4.79 Å². The molecule has 0 saturated carbocycles. The zero-order valence-corrected chi connectivity index (χ0v) is 12.2. The summed E-state index contributed by atoms with van der Waals surface area (Å²) in [6.45, 7) is 7.88. The lowest BCUT2D eigenvalue weighted by atomic mass is 9.99. The third kappa shape index (κ3) is 3.35. The summed E-state index contributed by atoms with van der Waals surface area (Å²) in [6, 6.07) is 4.56. The lowest BCUT2D eigenvalue weighted by molar-refractivity contribution is -0.131. The van der Waals surface area contributed by atoms with Crippen molar-refractivity contribution in [3.05, 3.63) is 34.4 Å². The Labute approximate surface area is 115 Å². The lowest BCUT2D eigenvalue weighted by Gasteiger charge is -2.23. The first-order valence-electron chi connectivity index (χ1n) is 7.07. The minimum absolute atomic E-state index is 0.175. The summed E-state index contributed by atoms with van der Waals surface area (Å²) in [6.07, 6.45) is 2.32. The number of hydrogen-bond acceptors (Lipinski definition) is 2. The van der Waals surface area contributed by atoms with Crippen molar-refractivity contribution in [1.82, 2.24) is 4.90 Å². The van der Waals surface area contributed by atoms with Gasteiger partial charge in [0.15, 0.2) is 0 Å². The second-order valence-corrected chi connectivity index (χ2v) is 5.78. The number of likely N-dealkylation sites (tertiary alicyclic amines) is 1. The van der Waals surface area contributed by atoms with Crippen molar-refractivity contribution in [2.24, 2.45) is 5.73 Å². The van der Waals surface area contributed by atoms with Crippen LogP contribution in [-0.2, 0) is 11.3 Å². The van der Waals surface area contributed by atoms with E-state index in [0.717, 1.165) is 25.9 Å². The fraction of sp³-hybridized carbons (Fsp3) is 0.562. The molecule has 0 spiro atoms. The molecule has 2 rings (SSSR count). The van der Waals surface area contributed by atoms with Crippen molar-refractivity contribution in [3.63, 3.8) is 0 Å². The highest BCUT2D eigenvalue weighted by Crippen LogP contribution is 2.20. The van der Waals surface area contributed by atoms with Crippen LogP contribution < -0.4 is 5.73 Å². The van der Waals surface area contributed by atoms with Crippen molar-refractivity contribution in [3.8, 4) is 0 Å².